The zero-order valence-corrected chi connectivity index (χ0v) is 13.8. The predicted molar refractivity (Wildman–Crippen MR) is 86.3 cm³/mol. The lowest BCUT2D eigenvalue weighted by Gasteiger charge is -2.40. The summed E-state index contributed by atoms with van der Waals surface area (Å²) in [5, 5.41) is 0. The standard InChI is InChI=1S/C17H27NO4/c1-5-6-7-8-9-12(2)16-17(22-14(19)10-18)15(20-4)13(3)11-21-16/h5-9,13,15-17H,10-11,18H2,1-4H3/b6-5+,8-7+,12-9+/t13-,15-,16-,17?/m0/s1. The molecule has 0 bridgehead atoms. The van der Waals surface area contributed by atoms with Gasteiger partial charge in [0.25, 0.3) is 0 Å². The summed E-state index contributed by atoms with van der Waals surface area (Å²) in [4.78, 5) is 11.6. The van der Waals surface area contributed by atoms with Crippen molar-refractivity contribution in [3.63, 3.8) is 0 Å². The van der Waals surface area contributed by atoms with Gasteiger partial charge in [-0.2, -0.15) is 0 Å². The van der Waals surface area contributed by atoms with Gasteiger partial charge < -0.3 is 19.9 Å². The highest BCUT2D eigenvalue weighted by molar-refractivity contribution is 5.71. The zero-order chi connectivity index (χ0) is 16.5. The molecule has 4 atom stereocenters. The van der Waals surface area contributed by atoms with Gasteiger partial charge in [-0.1, -0.05) is 37.3 Å². The Kier molecular flexibility index (Phi) is 8.09. The first-order valence-electron chi connectivity index (χ1n) is 7.55. The average molecular weight is 309 g/mol. The Bertz CT molecular complexity index is 442. The maximum absolute atomic E-state index is 11.6. The van der Waals surface area contributed by atoms with E-state index in [4.69, 9.17) is 19.9 Å². The molecule has 0 radical (unpaired) electrons. The fourth-order valence-corrected chi connectivity index (χ4v) is 2.50. The first-order valence-corrected chi connectivity index (χ1v) is 7.55. The molecular formula is C17H27NO4. The maximum Gasteiger partial charge on any atom is 0.320 e. The van der Waals surface area contributed by atoms with E-state index in [-0.39, 0.29) is 24.7 Å². The molecule has 1 aliphatic rings. The van der Waals surface area contributed by atoms with Crippen LogP contribution in [0.4, 0.5) is 0 Å². The lowest BCUT2D eigenvalue weighted by molar-refractivity contribution is -0.190. The van der Waals surface area contributed by atoms with E-state index in [1.54, 1.807) is 7.11 Å². The smallest absolute Gasteiger partial charge is 0.320 e. The molecule has 5 heteroatoms. The van der Waals surface area contributed by atoms with E-state index in [1.165, 1.54) is 0 Å². The van der Waals surface area contributed by atoms with E-state index >= 15 is 0 Å². The van der Waals surface area contributed by atoms with Gasteiger partial charge in [0, 0.05) is 13.0 Å². The van der Waals surface area contributed by atoms with E-state index < -0.39 is 12.1 Å². The Morgan fingerprint density at radius 2 is 2.05 bits per heavy atom. The molecule has 1 aliphatic heterocycles. The number of nitrogens with two attached hydrogens (primary N) is 1. The van der Waals surface area contributed by atoms with Crippen molar-refractivity contribution in [3.8, 4) is 0 Å². The lowest BCUT2D eigenvalue weighted by Crippen LogP contribution is -2.53. The third kappa shape index (κ3) is 5.09. The van der Waals surface area contributed by atoms with Gasteiger partial charge in [0.1, 0.15) is 12.2 Å². The molecule has 5 nitrogen and oxygen atoms in total. The second-order valence-corrected chi connectivity index (χ2v) is 5.41. The van der Waals surface area contributed by atoms with Gasteiger partial charge in [-0.15, -0.1) is 0 Å². The minimum absolute atomic E-state index is 0.142. The van der Waals surface area contributed by atoms with Crippen LogP contribution in [0.3, 0.4) is 0 Å². The number of ether oxygens (including phenoxy) is 3. The lowest BCUT2D eigenvalue weighted by atomic mass is 9.90. The molecule has 0 aromatic rings. The normalized spacial score (nSPS) is 30.1. The minimum Gasteiger partial charge on any atom is -0.455 e. The molecule has 1 saturated heterocycles. The van der Waals surface area contributed by atoms with Gasteiger partial charge in [-0.3, -0.25) is 4.79 Å². The van der Waals surface area contributed by atoms with Gasteiger partial charge >= 0.3 is 5.97 Å². The summed E-state index contributed by atoms with van der Waals surface area (Å²) < 4.78 is 16.9. The number of hydrogen-bond donors (Lipinski definition) is 1. The van der Waals surface area contributed by atoms with Gasteiger partial charge in [-0.25, -0.2) is 0 Å². The summed E-state index contributed by atoms with van der Waals surface area (Å²) in [6.07, 6.45) is 8.68. The van der Waals surface area contributed by atoms with E-state index in [0.717, 1.165) is 5.57 Å². The van der Waals surface area contributed by atoms with Gasteiger partial charge in [0.05, 0.1) is 13.2 Å². The predicted octanol–water partition coefficient (Wildman–Crippen LogP) is 1.99. The van der Waals surface area contributed by atoms with Crippen molar-refractivity contribution in [2.75, 3.05) is 20.3 Å². The third-order valence-corrected chi connectivity index (χ3v) is 3.65. The van der Waals surface area contributed by atoms with Gasteiger partial charge in [0.2, 0.25) is 0 Å². The SMILES string of the molecule is C/C=C/C=C/C=C(\C)[C@@H]1OC[C@H](C)[C@H](OC)C1OC(=O)CN. The number of methoxy groups -OCH3 is 1. The van der Waals surface area contributed by atoms with E-state index in [1.807, 2.05) is 51.2 Å². The molecule has 0 aromatic carbocycles. The Hall–Kier alpha value is -1.43. The van der Waals surface area contributed by atoms with E-state index in [9.17, 15) is 4.79 Å². The van der Waals surface area contributed by atoms with Crippen LogP contribution >= 0.6 is 0 Å². The molecule has 1 rings (SSSR count). The van der Waals surface area contributed by atoms with Crippen molar-refractivity contribution >= 4 is 5.97 Å². The second kappa shape index (κ2) is 9.56. The number of carbonyl (C=O) groups excluding carboxylic acids is 1. The van der Waals surface area contributed by atoms with Crippen LogP contribution in [-0.4, -0.2) is 44.5 Å². The summed E-state index contributed by atoms with van der Waals surface area (Å²) in [5.74, 6) is -0.310. The van der Waals surface area contributed by atoms with Gasteiger partial charge in [-0.05, 0) is 19.4 Å². The van der Waals surface area contributed by atoms with Crippen molar-refractivity contribution < 1.29 is 19.0 Å². The molecule has 22 heavy (non-hydrogen) atoms. The first kappa shape index (κ1) is 18.6. The summed E-state index contributed by atoms with van der Waals surface area (Å²) in [6.45, 7) is 6.33. The largest absolute Gasteiger partial charge is 0.455 e. The zero-order valence-electron chi connectivity index (χ0n) is 13.8. The van der Waals surface area contributed by atoms with E-state index in [2.05, 4.69) is 0 Å². The van der Waals surface area contributed by atoms with Crippen LogP contribution in [-0.2, 0) is 19.0 Å². The van der Waals surface area contributed by atoms with Crippen LogP contribution in [0.15, 0.2) is 36.0 Å². The van der Waals surface area contributed by atoms with Gasteiger partial charge in [0.15, 0.2) is 6.10 Å². The molecule has 0 amide bonds. The van der Waals surface area contributed by atoms with Crippen LogP contribution in [0, 0.1) is 5.92 Å². The number of allylic oxidation sites excluding steroid dienone is 5. The van der Waals surface area contributed by atoms with Crippen molar-refractivity contribution in [2.45, 2.75) is 39.1 Å². The Balaban J connectivity index is 2.94. The number of carbonyl (C=O) groups is 1. The fourth-order valence-electron chi connectivity index (χ4n) is 2.50. The highest BCUT2D eigenvalue weighted by Gasteiger charge is 2.41. The number of rotatable bonds is 6. The molecule has 0 aliphatic carbocycles. The maximum atomic E-state index is 11.6. The summed E-state index contributed by atoms with van der Waals surface area (Å²) in [6, 6.07) is 0. The Morgan fingerprint density at radius 1 is 1.32 bits per heavy atom. The summed E-state index contributed by atoms with van der Waals surface area (Å²) in [5.41, 5.74) is 6.33. The summed E-state index contributed by atoms with van der Waals surface area (Å²) in [7, 11) is 1.62. The highest BCUT2D eigenvalue weighted by Crippen LogP contribution is 2.29. The average Bonchev–Trinajstić information content (AvgIpc) is 2.51. The van der Waals surface area contributed by atoms with Crippen molar-refractivity contribution in [1.82, 2.24) is 0 Å². The molecule has 1 fully saturated rings. The molecule has 2 N–H and O–H groups in total. The van der Waals surface area contributed by atoms with Crippen molar-refractivity contribution in [1.29, 1.82) is 0 Å². The highest BCUT2D eigenvalue weighted by atomic mass is 16.6. The molecule has 0 aromatic heterocycles. The van der Waals surface area contributed by atoms with Crippen LogP contribution in [0.5, 0.6) is 0 Å². The topological polar surface area (TPSA) is 70.8 Å². The van der Waals surface area contributed by atoms with E-state index in [0.29, 0.717) is 6.61 Å². The molecule has 124 valence electrons. The molecular weight excluding hydrogens is 282 g/mol. The van der Waals surface area contributed by atoms with Crippen LogP contribution in [0.2, 0.25) is 0 Å². The Morgan fingerprint density at radius 3 is 2.64 bits per heavy atom. The van der Waals surface area contributed by atoms with Crippen LogP contribution in [0.1, 0.15) is 20.8 Å². The molecule has 0 saturated carbocycles. The van der Waals surface area contributed by atoms with Crippen molar-refractivity contribution in [2.24, 2.45) is 11.7 Å². The molecule has 0 spiro atoms. The Labute approximate surface area is 132 Å². The van der Waals surface area contributed by atoms with Crippen LogP contribution < -0.4 is 5.73 Å². The number of hydrogen-bond acceptors (Lipinski definition) is 5. The van der Waals surface area contributed by atoms with Crippen LogP contribution in [0.25, 0.3) is 0 Å². The molecule has 1 heterocycles. The second-order valence-electron chi connectivity index (χ2n) is 5.41. The summed E-state index contributed by atoms with van der Waals surface area (Å²) >= 11 is 0. The minimum atomic E-state index is -0.490. The number of esters is 1. The fraction of sp³-hybridized carbons (Fsp3) is 0.588. The van der Waals surface area contributed by atoms with Crippen molar-refractivity contribution in [3.05, 3.63) is 36.0 Å². The monoisotopic (exact) mass is 309 g/mol. The first-order chi connectivity index (χ1) is 10.5. The third-order valence-electron chi connectivity index (χ3n) is 3.65. The molecule has 1 unspecified atom stereocenters. The quantitative estimate of drug-likeness (QED) is 0.600.